The van der Waals surface area contributed by atoms with Gasteiger partial charge in [-0.25, -0.2) is 0 Å². The van der Waals surface area contributed by atoms with Crippen LogP contribution in [0, 0.1) is 0 Å². The molecule has 0 radical (unpaired) electrons. The number of ether oxygens (including phenoxy) is 1. The molecule has 0 aliphatic heterocycles. The number of hydrogen-bond donors (Lipinski definition) is 0. The lowest BCUT2D eigenvalue weighted by Gasteiger charge is -2.08. The SMILES string of the molecule is C=CCC(=O)OC(C)CC. The van der Waals surface area contributed by atoms with E-state index in [9.17, 15) is 4.79 Å². The maximum absolute atomic E-state index is 10.7. The number of rotatable bonds is 4. The first kappa shape index (κ1) is 9.21. The van der Waals surface area contributed by atoms with Crippen molar-refractivity contribution >= 4 is 5.97 Å². The highest BCUT2D eigenvalue weighted by atomic mass is 16.5. The lowest BCUT2D eigenvalue weighted by Crippen LogP contribution is -2.12. The molecule has 10 heavy (non-hydrogen) atoms. The molecule has 0 fully saturated rings. The Bertz CT molecular complexity index is 118. The maximum atomic E-state index is 10.7. The molecule has 0 saturated heterocycles. The summed E-state index contributed by atoms with van der Waals surface area (Å²) >= 11 is 0. The minimum Gasteiger partial charge on any atom is -0.462 e. The van der Waals surface area contributed by atoms with Crippen molar-refractivity contribution in [3.05, 3.63) is 12.7 Å². The van der Waals surface area contributed by atoms with Crippen LogP contribution in [0.2, 0.25) is 0 Å². The Morgan fingerprint density at radius 1 is 1.80 bits per heavy atom. The molecular weight excluding hydrogens is 128 g/mol. The van der Waals surface area contributed by atoms with E-state index in [4.69, 9.17) is 4.74 Å². The van der Waals surface area contributed by atoms with Crippen molar-refractivity contribution in [1.29, 1.82) is 0 Å². The Hall–Kier alpha value is -0.790. The van der Waals surface area contributed by atoms with E-state index in [0.29, 0.717) is 6.42 Å². The zero-order chi connectivity index (χ0) is 7.98. The van der Waals surface area contributed by atoms with E-state index >= 15 is 0 Å². The molecule has 0 spiro atoms. The molecule has 1 atom stereocenters. The van der Waals surface area contributed by atoms with Crippen LogP contribution >= 0.6 is 0 Å². The van der Waals surface area contributed by atoms with Crippen molar-refractivity contribution in [3.8, 4) is 0 Å². The Morgan fingerprint density at radius 3 is 2.80 bits per heavy atom. The van der Waals surface area contributed by atoms with Crippen LogP contribution in [0.1, 0.15) is 26.7 Å². The summed E-state index contributed by atoms with van der Waals surface area (Å²) < 4.78 is 4.93. The van der Waals surface area contributed by atoms with Gasteiger partial charge in [-0.2, -0.15) is 0 Å². The van der Waals surface area contributed by atoms with Gasteiger partial charge in [-0.05, 0) is 13.3 Å². The van der Waals surface area contributed by atoms with Crippen molar-refractivity contribution in [1.82, 2.24) is 0 Å². The second-order valence-electron chi connectivity index (χ2n) is 2.20. The first-order valence-electron chi connectivity index (χ1n) is 3.51. The quantitative estimate of drug-likeness (QED) is 0.442. The Balaban J connectivity index is 3.46. The van der Waals surface area contributed by atoms with Gasteiger partial charge in [-0.1, -0.05) is 13.0 Å². The van der Waals surface area contributed by atoms with Gasteiger partial charge in [0.1, 0.15) is 0 Å². The van der Waals surface area contributed by atoms with Gasteiger partial charge in [0, 0.05) is 0 Å². The average molecular weight is 142 g/mol. The van der Waals surface area contributed by atoms with Crippen molar-refractivity contribution in [2.75, 3.05) is 0 Å². The standard InChI is InChI=1S/C8H14O2/c1-4-6-8(9)10-7(3)5-2/h4,7H,1,5-6H2,2-3H3. The fourth-order valence-electron chi connectivity index (χ4n) is 0.474. The van der Waals surface area contributed by atoms with Crippen LogP contribution in [-0.2, 0) is 9.53 Å². The van der Waals surface area contributed by atoms with Crippen LogP contribution < -0.4 is 0 Å². The minimum absolute atomic E-state index is 0.0347. The normalized spacial score (nSPS) is 12.2. The van der Waals surface area contributed by atoms with E-state index in [1.165, 1.54) is 0 Å². The molecule has 0 aromatic carbocycles. The topological polar surface area (TPSA) is 26.3 Å². The molecule has 2 nitrogen and oxygen atoms in total. The molecule has 0 heterocycles. The molecule has 0 aromatic heterocycles. The number of carbonyl (C=O) groups excluding carboxylic acids is 1. The van der Waals surface area contributed by atoms with Crippen molar-refractivity contribution in [2.24, 2.45) is 0 Å². The molecular formula is C8H14O2. The summed E-state index contributed by atoms with van der Waals surface area (Å²) in [6.07, 6.45) is 2.75. The van der Waals surface area contributed by atoms with Crippen LogP contribution in [0.15, 0.2) is 12.7 Å². The second kappa shape index (κ2) is 5.03. The third kappa shape index (κ3) is 4.13. The number of hydrogen-bond acceptors (Lipinski definition) is 2. The molecule has 1 unspecified atom stereocenters. The van der Waals surface area contributed by atoms with E-state index in [2.05, 4.69) is 6.58 Å². The van der Waals surface area contributed by atoms with E-state index in [1.807, 2.05) is 13.8 Å². The van der Waals surface area contributed by atoms with Crippen LogP contribution in [0.4, 0.5) is 0 Å². The summed E-state index contributed by atoms with van der Waals surface area (Å²) in [6, 6.07) is 0. The predicted octanol–water partition coefficient (Wildman–Crippen LogP) is 1.90. The van der Waals surface area contributed by atoms with E-state index in [1.54, 1.807) is 6.08 Å². The van der Waals surface area contributed by atoms with E-state index in [-0.39, 0.29) is 12.1 Å². The molecule has 58 valence electrons. The zero-order valence-electron chi connectivity index (χ0n) is 6.59. The van der Waals surface area contributed by atoms with Crippen LogP contribution in [-0.4, -0.2) is 12.1 Å². The van der Waals surface area contributed by atoms with Crippen molar-refractivity contribution in [3.63, 3.8) is 0 Å². The zero-order valence-corrected chi connectivity index (χ0v) is 6.59. The van der Waals surface area contributed by atoms with Gasteiger partial charge in [0.05, 0.1) is 12.5 Å². The van der Waals surface area contributed by atoms with Crippen molar-refractivity contribution in [2.45, 2.75) is 32.8 Å². The van der Waals surface area contributed by atoms with Gasteiger partial charge in [0.25, 0.3) is 0 Å². The monoisotopic (exact) mass is 142 g/mol. The molecule has 0 aliphatic carbocycles. The largest absolute Gasteiger partial charge is 0.462 e. The van der Waals surface area contributed by atoms with Gasteiger partial charge in [0.2, 0.25) is 0 Å². The molecule has 0 saturated carbocycles. The van der Waals surface area contributed by atoms with Crippen LogP contribution in [0.3, 0.4) is 0 Å². The summed E-state index contributed by atoms with van der Waals surface area (Å²) in [5.74, 6) is -0.190. The molecule has 0 aliphatic rings. The first-order valence-corrected chi connectivity index (χ1v) is 3.51. The number of esters is 1. The molecule has 0 bridgehead atoms. The summed E-state index contributed by atoms with van der Waals surface area (Å²) in [6.45, 7) is 7.29. The Morgan fingerprint density at radius 2 is 2.40 bits per heavy atom. The average Bonchev–Trinajstić information content (AvgIpc) is 1.88. The molecule has 0 rings (SSSR count). The minimum atomic E-state index is -0.190. The third-order valence-electron chi connectivity index (χ3n) is 1.22. The second-order valence-corrected chi connectivity index (χ2v) is 2.20. The molecule has 0 aromatic rings. The highest BCUT2D eigenvalue weighted by Crippen LogP contribution is 1.98. The fourth-order valence-corrected chi connectivity index (χ4v) is 0.474. The summed E-state index contributed by atoms with van der Waals surface area (Å²) in [5.41, 5.74) is 0. The smallest absolute Gasteiger partial charge is 0.309 e. The molecule has 0 N–H and O–H groups in total. The van der Waals surface area contributed by atoms with Gasteiger partial charge < -0.3 is 4.74 Å². The molecule has 2 heteroatoms. The lowest BCUT2D eigenvalue weighted by molar-refractivity contribution is -0.147. The van der Waals surface area contributed by atoms with Crippen LogP contribution in [0.25, 0.3) is 0 Å². The maximum Gasteiger partial charge on any atom is 0.309 e. The number of carbonyl (C=O) groups is 1. The fraction of sp³-hybridized carbons (Fsp3) is 0.625. The highest BCUT2D eigenvalue weighted by molar-refractivity contribution is 5.71. The van der Waals surface area contributed by atoms with Gasteiger partial charge >= 0.3 is 5.97 Å². The molecule has 0 amide bonds. The van der Waals surface area contributed by atoms with Gasteiger partial charge in [0.15, 0.2) is 0 Å². The summed E-state index contributed by atoms with van der Waals surface area (Å²) in [7, 11) is 0. The summed E-state index contributed by atoms with van der Waals surface area (Å²) in [4.78, 5) is 10.7. The van der Waals surface area contributed by atoms with Crippen LogP contribution in [0.5, 0.6) is 0 Å². The Labute approximate surface area is 61.9 Å². The van der Waals surface area contributed by atoms with Gasteiger partial charge in [-0.15, -0.1) is 6.58 Å². The van der Waals surface area contributed by atoms with E-state index in [0.717, 1.165) is 6.42 Å². The summed E-state index contributed by atoms with van der Waals surface area (Å²) in [5, 5.41) is 0. The van der Waals surface area contributed by atoms with Gasteiger partial charge in [-0.3, -0.25) is 4.79 Å². The Kier molecular flexibility index (Phi) is 4.63. The third-order valence-corrected chi connectivity index (χ3v) is 1.22. The first-order chi connectivity index (χ1) is 4.70. The predicted molar refractivity (Wildman–Crippen MR) is 40.7 cm³/mol. The lowest BCUT2D eigenvalue weighted by atomic mass is 10.3. The highest BCUT2D eigenvalue weighted by Gasteiger charge is 2.03. The van der Waals surface area contributed by atoms with Crippen molar-refractivity contribution < 1.29 is 9.53 Å². The van der Waals surface area contributed by atoms with E-state index < -0.39 is 0 Å².